The summed E-state index contributed by atoms with van der Waals surface area (Å²) in [6.07, 6.45) is 6.63. The van der Waals surface area contributed by atoms with E-state index in [1.54, 1.807) is 12.4 Å². The lowest BCUT2D eigenvalue weighted by molar-refractivity contribution is 1.08. The highest BCUT2D eigenvalue weighted by atomic mass is 14.9. The monoisotopic (exact) mass is 186 g/mol. The first-order chi connectivity index (χ1) is 6.79. The molecule has 2 aromatic rings. The van der Waals surface area contributed by atoms with Crippen molar-refractivity contribution in [3.05, 3.63) is 36.2 Å². The second kappa shape index (κ2) is 3.49. The predicted octanol–water partition coefficient (Wildman–Crippen LogP) is 1.55. The Hall–Kier alpha value is -1.84. The van der Waals surface area contributed by atoms with Gasteiger partial charge in [0.05, 0.1) is 11.4 Å². The molecule has 0 N–H and O–H groups in total. The van der Waals surface area contributed by atoms with Crippen LogP contribution in [0.3, 0.4) is 0 Å². The first-order valence-corrected chi connectivity index (χ1v) is 4.32. The molecule has 0 saturated carbocycles. The van der Waals surface area contributed by atoms with E-state index in [4.69, 9.17) is 0 Å². The third-order valence-corrected chi connectivity index (χ3v) is 2.01. The van der Waals surface area contributed by atoms with E-state index in [1.807, 2.05) is 13.8 Å². The molecule has 70 valence electrons. The average Bonchev–Trinajstić information content (AvgIpc) is 2.20. The molecule has 0 unspecified atom stereocenters. The molecule has 4 heteroatoms. The van der Waals surface area contributed by atoms with Crippen molar-refractivity contribution in [3.63, 3.8) is 0 Å². The van der Waals surface area contributed by atoms with Crippen molar-refractivity contribution in [1.29, 1.82) is 0 Å². The summed E-state index contributed by atoms with van der Waals surface area (Å²) < 4.78 is 0. The molecule has 0 saturated heterocycles. The maximum atomic E-state index is 4.21. The van der Waals surface area contributed by atoms with Gasteiger partial charge in [0.25, 0.3) is 0 Å². The number of nitrogens with zero attached hydrogens (tertiary/aromatic N) is 4. The zero-order valence-electron chi connectivity index (χ0n) is 8.10. The molecule has 2 heterocycles. The summed E-state index contributed by atoms with van der Waals surface area (Å²) in [5.74, 6) is 0. The highest BCUT2D eigenvalue weighted by Crippen LogP contribution is 2.19. The standard InChI is InChI=1S/C10H10N4/c1-7-3-11-5-13-9(7)10-8(2)4-12-6-14-10/h3-6H,1-2H3. The van der Waals surface area contributed by atoms with Gasteiger partial charge in [-0.15, -0.1) is 0 Å². The number of aryl methyl sites for hydroxylation is 2. The van der Waals surface area contributed by atoms with Crippen molar-refractivity contribution in [2.45, 2.75) is 13.8 Å². The molecule has 14 heavy (non-hydrogen) atoms. The molecular weight excluding hydrogens is 176 g/mol. The Kier molecular flexibility index (Phi) is 2.18. The largest absolute Gasteiger partial charge is 0.245 e. The molecule has 0 bridgehead atoms. The fraction of sp³-hybridized carbons (Fsp3) is 0.200. The quantitative estimate of drug-likeness (QED) is 0.678. The molecule has 0 fully saturated rings. The second-order valence-electron chi connectivity index (χ2n) is 3.11. The van der Waals surface area contributed by atoms with Crippen LogP contribution in [0.25, 0.3) is 11.4 Å². The van der Waals surface area contributed by atoms with Crippen LogP contribution in [0, 0.1) is 13.8 Å². The molecule has 2 rings (SSSR count). The molecular formula is C10H10N4. The van der Waals surface area contributed by atoms with Gasteiger partial charge in [-0.2, -0.15) is 0 Å². The van der Waals surface area contributed by atoms with Crippen LogP contribution in [0.4, 0.5) is 0 Å². The van der Waals surface area contributed by atoms with E-state index in [2.05, 4.69) is 19.9 Å². The first kappa shape index (κ1) is 8.74. The molecule has 0 aromatic carbocycles. The van der Waals surface area contributed by atoms with E-state index < -0.39 is 0 Å². The van der Waals surface area contributed by atoms with Gasteiger partial charge in [-0.05, 0) is 25.0 Å². The van der Waals surface area contributed by atoms with Gasteiger partial charge in [0.2, 0.25) is 0 Å². The topological polar surface area (TPSA) is 51.6 Å². The van der Waals surface area contributed by atoms with Gasteiger partial charge in [-0.25, -0.2) is 19.9 Å². The summed E-state index contributed by atoms with van der Waals surface area (Å²) in [5, 5.41) is 0. The van der Waals surface area contributed by atoms with E-state index in [0.717, 1.165) is 22.5 Å². The highest BCUT2D eigenvalue weighted by Gasteiger charge is 2.06. The Morgan fingerprint density at radius 2 is 1.21 bits per heavy atom. The van der Waals surface area contributed by atoms with Crippen LogP contribution < -0.4 is 0 Å². The lowest BCUT2D eigenvalue weighted by Crippen LogP contribution is -1.95. The molecule has 4 nitrogen and oxygen atoms in total. The molecule has 2 aromatic heterocycles. The minimum atomic E-state index is 0.875. The van der Waals surface area contributed by atoms with Crippen molar-refractivity contribution in [3.8, 4) is 11.4 Å². The van der Waals surface area contributed by atoms with Crippen molar-refractivity contribution < 1.29 is 0 Å². The maximum absolute atomic E-state index is 4.21. The van der Waals surface area contributed by atoms with Crippen molar-refractivity contribution in [2.24, 2.45) is 0 Å². The number of rotatable bonds is 1. The second-order valence-corrected chi connectivity index (χ2v) is 3.11. The Balaban J connectivity index is 2.61. The molecule has 0 amide bonds. The van der Waals surface area contributed by atoms with E-state index in [9.17, 15) is 0 Å². The Labute approximate surface area is 82.1 Å². The third-order valence-electron chi connectivity index (χ3n) is 2.01. The van der Waals surface area contributed by atoms with E-state index >= 15 is 0 Å². The maximum Gasteiger partial charge on any atom is 0.116 e. The number of hydrogen-bond donors (Lipinski definition) is 0. The normalized spacial score (nSPS) is 10.1. The fourth-order valence-electron chi connectivity index (χ4n) is 1.29. The van der Waals surface area contributed by atoms with Crippen LogP contribution in [-0.4, -0.2) is 19.9 Å². The van der Waals surface area contributed by atoms with E-state index in [-0.39, 0.29) is 0 Å². The van der Waals surface area contributed by atoms with Crippen molar-refractivity contribution in [2.75, 3.05) is 0 Å². The van der Waals surface area contributed by atoms with Gasteiger partial charge in [-0.1, -0.05) is 0 Å². The predicted molar refractivity (Wildman–Crippen MR) is 52.5 cm³/mol. The van der Waals surface area contributed by atoms with Crippen molar-refractivity contribution >= 4 is 0 Å². The third kappa shape index (κ3) is 1.46. The lowest BCUT2D eigenvalue weighted by Gasteiger charge is -2.04. The Morgan fingerprint density at radius 3 is 1.57 bits per heavy atom. The molecule has 0 spiro atoms. The number of hydrogen-bond acceptors (Lipinski definition) is 4. The summed E-state index contributed by atoms with van der Waals surface area (Å²) in [5.41, 5.74) is 3.79. The van der Waals surface area contributed by atoms with Gasteiger partial charge in [0, 0.05) is 12.4 Å². The van der Waals surface area contributed by atoms with Crippen LogP contribution in [-0.2, 0) is 0 Å². The molecule has 0 radical (unpaired) electrons. The average molecular weight is 186 g/mol. The Morgan fingerprint density at radius 1 is 0.786 bits per heavy atom. The summed E-state index contributed by atoms with van der Waals surface area (Å²) >= 11 is 0. The Bertz CT molecular complexity index is 410. The van der Waals surface area contributed by atoms with Gasteiger partial charge in [0.15, 0.2) is 0 Å². The van der Waals surface area contributed by atoms with E-state index in [0.29, 0.717) is 0 Å². The first-order valence-electron chi connectivity index (χ1n) is 4.32. The van der Waals surface area contributed by atoms with Crippen molar-refractivity contribution in [1.82, 2.24) is 19.9 Å². The lowest BCUT2D eigenvalue weighted by atomic mass is 10.1. The molecule has 0 atom stereocenters. The van der Waals surface area contributed by atoms with Gasteiger partial charge >= 0.3 is 0 Å². The van der Waals surface area contributed by atoms with Gasteiger partial charge < -0.3 is 0 Å². The zero-order valence-corrected chi connectivity index (χ0v) is 8.10. The van der Waals surface area contributed by atoms with Crippen LogP contribution >= 0.6 is 0 Å². The van der Waals surface area contributed by atoms with Crippen LogP contribution in [0.2, 0.25) is 0 Å². The summed E-state index contributed by atoms with van der Waals surface area (Å²) in [4.78, 5) is 16.3. The molecule has 0 aliphatic rings. The van der Waals surface area contributed by atoms with Gasteiger partial charge in [0.1, 0.15) is 12.7 Å². The van der Waals surface area contributed by atoms with Crippen LogP contribution in [0.1, 0.15) is 11.1 Å². The van der Waals surface area contributed by atoms with Crippen LogP contribution in [0.5, 0.6) is 0 Å². The summed E-state index contributed by atoms with van der Waals surface area (Å²) in [7, 11) is 0. The molecule has 0 aliphatic heterocycles. The SMILES string of the molecule is Cc1cncnc1-c1ncncc1C. The van der Waals surface area contributed by atoms with Gasteiger partial charge in [-0.3, -0.25) is 0 Å². The fourth-order valence-corrected chi connectivity index (χ4v) is 1.29. The van der Waals surface area contributed by atoms with Crippen LogP contribution in [0.15, 0.2) is 25.0 Å². The van der Waals surface area contributed by atoms with E-state index in [1.165, 1.54) is 12.7 Å². The smallest absolute Gasteiger partial charge is 0.116 e. The molecule has 0 aliphatic carbocycles. The summed E-state index contributed by atoms with van der Waals surface area (Å²) in [6, 6.07) is 0. The highest BCUT2D eigenvalue weighted by molar-refractivity contribution is 5.60. The summed E-state index contributed by atoms with van der Waals surface area (Å²) in [6.45, 7) is 3.94. The minimum absolute atomic E-state index is 0.875. The minimum Gasteiger partial charge on any atom is -0.245 e. The number of aromatic nitrogens is 4. The zero-order chi connectivity index (χ0) is 9.97.